The lowest BCUT2D eigenvalue weighted by atomic mass is 10.2. The van der Waals surface area contributed by atoms with Crippen molar-refractivity contribution in [2.24, 2.45) is 0 Å². The van der Waals surface area contributed by atoms with E-state index in [4.69, 9.17) is 13.6 Å². The summed E-state index contributed by atoms with van der Waals surface area (Å²) in [6, 6.07) is 17.5. The van der Waals surface area contributed by atoms with E-state index in [0.717, 1.165) is 22.8 Å². The second kappa shape index (κ2) is 9.06. The first-order valence-electron chi connectivity index (χ1n) is 8.69. The van der Waals surface area contributed by atoms with Gasteiger partial charge in [0.15, 0.2) is 0 Å². The Morgan fingerprint density at radius 1 is 1.04 bits per heavy atom. The summed E-state index contributed by atoms with van der Waals surface area (Å²) in [7, 11) is 1.63. The summed E-state index contributed by atoms with van der Waals surface area (Å²) in [5.41, 5.74) is 1.03. The van der Waals surface area contributed by atoms with Crippen molar-refractivity contribution in [1.82, 2.24) is 4.90 Å². The highest BCUT2D eigenvalue weighted by Crippen LogP contribution is 2.22. The zero-order chi connectivity index (χ0) is 18.2. The molecule has 3 rings (SSSR count). The number of carbonyl (C=O) groups excluding carboxylic acids is 1. The maximum Gasteiger partial charge on any atom is 0.223 e. The lowest BCUT2D eigenvalue weighted by Crippen LogP contribution is -2.33. The van der Waals surface area contributed by atoms with Crippen LogP contribution in [0.2, 0.25) is 0 Å². The highest BCUT2D eigenvalue weighted by molar-refractivity contribution is 5.76. The third-order valence-corrected chi connectivity index (χ3v) is 4.15. The Labute approximate surface area is 153 Å². The molecule has 0 spiro atoms. The Kier molecular flexibility index (Phi) is 6.28. The molecule has 0 aliphatic carbocycles. The number of furan rings is 2. The van der Waals surface area contributed by atoms with Crippen LogP contribution in [0.25, 0.3) is 11.3 Å². The zero-order valence-electron chi connectivity index (χ0n) is 14.9. The maximum absolute atomic E-state index is 12.6. The number of methoxy groups -OCH3 is 1. The fourth-order valence-corrected chi connectivity index (χ4v) is 2.74. The molecule has 0 saturated carbocycles. The summed E-state index contributed by atoms with van der Waals surface area (Å²) in [4.78, 5) is 14.4. The van der Waals surface area contributed by atoms with Crippen LogP contribution in [0.4, 0.5) is 0 Å². The molecule has 0 fully saturated rings. The van der Waals surface area contributed by atoms with E-state index in [-0.39, 0.29) is 5.91 Å². The molecule has 0 unspecified atom stereocenters. The van der Waals surface area contributed by atoms with Crippen LogP contribution in [0.1, 0.15) is 17.9 Å². The summed E-state index contributed by atoms with van der Waals surface area (Å²) in [5, 5.41) is 0. The molecular weight excluding hydrogens is 330 g/mol. The molecule has 2 aromatic heterocycles. The van der Waals surface area contributed by atoms with E-state index in [1.54, 1.807) is 18.3 Å². The van der Waals surface area contributed by atoms with Crippen molar-refractivity contribution < 1.29 is 18.4 Å². The number of carbonyl (C=O) groups is 1. The van der Waals surface area contributed by atoms with E-state index in [2.05, 4.69) is 0 Å². The number of benzene rings is 1. The van der Waals surface area contributed by atoms with Crippen molar-refractivity contribution in [3.05, 3.63) is 72.4 Å². The van der Waals surface area contributed by atoms with Gasteiger partial charge in [-0.1, -0.05) is 30.3 Å². The largest absolute Gasteiger partial charge is 0.467 e. The molecule has 3 aromatic rings. The number of ether oxygens (including phenoxy) is 1. The standard InChI is InChI=1S/C21H23NO4/c1-24-15-13-22(16-19-8-5-14-25-19)21(23)12-10-18-9-11-20(26-18)17-6-3-2-4-7-17/h2-9,11,14H,10,12-13,15-16H2,1H3. The van der Waals surface area contributed by atoms with Crippen molar-refractivity contribution in [3.63, 3.8) is 0 Å². The Hall–Kier alpha value is -2.79. The Balaban J connectivity index is 1.58. The monoisotopic (exact) mass is 353 g/mol. The van der Waals surface area contributed by atoms with Crippen LogP contribution in [-0.2, 0) is 22.5 Å². The molecule has 5 nitrogen and oxygen atoms in total. The van der Waals surface area contributed by atoms with E-state index in [1.165, 1.54) is 0 Å². The average Bonchev–Trinajstić information content (AvgIpc) is 3.36. The van der Waals surface area contributed by atoms with Gasteiger partial charge in [-0.15, -0.1) is 0 Å². The van der Waals surface area contributed by atoms with Gasteiger partial charge in [-0.2, -0.15) is 0 Å². The van der Waals surface area contributed by atoms with E-state index in [9.17, 15) is 4.79 Å². The SMILES string of the molecule is COCCN(Cc1ccco1)C(=O)CCc1ccc(-c2ccccc2)o1. The van der Waals surface area contributed by atoms with Crippen molar-refractivity contribution in [1.29, 1.82) is 0 Å². The molecule has 136 valence electrons. The molecule has 0 atom stereocenters. The lowest BCUT2D eigenvalue weighted by Gasteiger charge is -2.21. The van der Waals surface area contributed by atoms with Gasteiger partial charge in [0.1, 0.15) is 17.3 Å². The molecular formula is C21H23NO4. The van der Waals surface area contributed by atoms with Gasteiger partial charge < -0.3 is 18.5 Å². The number of nitrogens with zero attached hydrogens (tertiary/aromatic N) is 1. The minimum Gasteiger partial charge on any atom is -0.467 e. The lowest BCUT2D eigenvalue weighted by molar-refractivity contribution is -0.132. The van der Waals surface area contributed by atoms with E-state index in [0.29, 0.717) is 32.5 Å². The van der Waals surface area contributed by atoms with Crippen molar-refractivity contribution in [3.8, 4) is 11.3 Å². The molecule has 0 N–H and O–H groups in total. The van der Waals surface area contributed by atoms with Crippen molar-refractivity contribution >= 4 is 5.91 Å². The molecule has 0 bridgehead atoms. The molecule has 5 heteroatoms. The molecule has 0 aliphatic heterocycles. The molecule has 1 aromatic carbocycles. The Bertz CT molecular complexity index is 793. The van der Waals surface area contributed by atoms with Crippen LogP contribution in [0.3, 0.4) is 0 Å². The van der Waals surface area contributed by atoms with Gasteiger partial charge in [-0.3, -0.25) is 4.79 Å². The first kappa shape index (κ1) is 18.0. The van der Waals surface area contributed by atoms with Crippen molar-refractivity contribution in [2.45, 2.75) is 19.4 Å². The zero-order valence-corrected chi connectivity index (χ0v) is 14.9. The van der Waals surface area contributed by atoms with Crippen LogP contribution in [0, 0.1) is 0 Å². The summed E-state index contributed by atoms with van der Waals surface area (Å²) >= 11 is 0. The third kappa shape index (κ3) is 4.86. The molecule has 0 saturated heterocycles. The fourth-order valence-electron chi connectivity index (χ4n) is 2.74. The molecule has 2 heterocycles. The topological polar surface area (TPSA) is 55.8 Å². The Morgan fingerprint density at radius 3 is 2.62 bits per heavy atom. The first-order chi connectivity index (χ1) is 12.8. The van der Waals surface area contributed by atoms with Crippen LogP contribution < -0.4 is 0 Å². The quantitative estimate of drug-likeness (QED) is 0.580. The molecule has 26 heavy (non-hydrogen) atoms. The normalized spacial score (nSPS) is 10.8. The van der Waals surface area contributed by atoms with Crippen LogP contribution in [0.5, 0.6) is 0 Å². The predicted octanol–water partition coefficient (Wildman–Crippen LogP) is 4.15. The van der Waals surface area contributed by atoms with Gasteiger partial charge in [0, 0.05) is 32.1 Å². The minimum atomic E-state index is 0.0520. The maximum atomic E-state index is 12.6. The van der Waals surface area contributed by atoms with E-state index >= 15 is 0 Å². The first-order valence-corrected chi connectivity index (χ1v) is 8.69. The minimum absolute atomic E-state index is 0.0520. The van der Waals surface area contributed by atoms with Gasteiger partial charge in [0.2, 0.25) is 5.91 Å². The van der Waals surface area contributed by atoms with Gasteiger partial charge >= 0.3 is 0 Å². The highest BCUT2D eigenvalue weighted by Gasteiger charge is 2.16. The van der Waals surface area contributed by atoms with E-state index < -0.39 is 0 Å². The summed E-state index contributed by atoms with van der Waals surface area (Å²) in [5.74, 6) is 2.44. The third-order valence-electron chi connectivity index (χ3n) is 4.15. The number of hydrogen-bond donors (Lipinski definition) is 0. The number of aryl methyl sites for hydroxylation is 1. The second-order valence-corrected chi connectivity index (χ2v) is 6.02. The molecule has 1 amide bonds. The number of amides is 1. The summed E-state index contributed by atoms with van der Waals surface area (Å²) < 4.78 is 16.3. The summed E-state index contributed by atoms with van der Waals surface area (Å²) in [6.07, 6.45) is 2.56. The predicted molar refractivity (Wildman–Crippen MR) is 98.5 cm³/mol. The van der Waals surface area contributed by atoms with Gasteiger partial charge in [-0.05, 0) is 24.3 Å². The smallest absolute Gasteiger partial charge is 0.223 e. The van der Waals surface area contributed by atoms with Crippen LogP contribution >= 0.6 is 0 Å². The Morgan fingerprint density at radius 2 is 1.88 bits per heavy atom. The van der Waals surface area contributed by atoms with E-state index in [1.807, 2.05) is 54.6 Å². The highest BCUT2D eigenvalue weighted by atomic mass is 16.5. The van der Waals surface area contributed by atoms with Gasteiger partial charge in [-0.25, -0.2) is 0 Å². The van der Waals surface area contributed by atoms with Crippen molar-refractivity contribution in [2.75, 3.05) is 20.3 Å². The summed E-state index contributed by atoms with van der Waals surface area (Å²) in [6.45, 7) is 1.47. The van der Waals surface area contributed by atoms with Gasteiger partial charge in [0.25, 0.3) is 0 Å². The van der Waals surface area contributed by atoms with Gasteiger partial charge in [0.05, 0.1) is 19.4 Å². The number of rotatable bonds is 9. The molecule has 0 radical (unpaired) electrons. The number of hydrogen-bond acceptors (Lipinski definition) is 4. The molecule has 0 aliphatic rings. The average molecular weight is 353 g/mol. The fraction of sp³-hybridized carbons (Fsp3) is 0.286. The second-order valence-electron chi connectivity index (χ2n) is 6.02. The van der Waals surface area contributed by atoms with Crippen LogP contribution in [-0.4, -0.2) is 31.1 Å². The van der Waals surface area contributed by atoms with Crippen LogP contribution in [0.15, 0.2) is 69.7 Å².